The molecule has 1 aliphatic carbocycles. The van der Waals surface area contributed by atoms with Gasteiger partial charge >= 0.3 is 0 Å². The number of anilines is 1. The molecule has 0 amide bonds. The lowest BCUT2D eigenvalue weighted by Gasteiger charge is -2.13. The fourth-order valence-corrected chi connectivity index (χ4v) is 3.10. The molecule has 0 unspecified atom stereocenters. The molecule has 0 aromatic heterocycles. The first-order valence-corrected chi connectivity index (χ1v) is 6.80. The highest BCUT2D eigenvalue weighted by Crippen LogP contribution is 2.22. The van der Waals surface area contributed by atoms with E-state index in [4.69, 9.17) is 5.73 Å². The summed E-state index contributed by atoms with van der Waals surface area (Å²) in [6, 6.07) is 0.965. The average molecular weight is 274 g/mol. The van der Waals surface area contributed by atoms with E-state index in [2.05, 4.69) is 4.72 Å². The van der Waals surface area contributed by atoms with Gasteiger partial charge in [-0.25, -0.2) is 21.9 Å². The summed E-state index contributed by atoms with van der Waals surface area (Å²) in [5.41, 5.74) is 4.85. The predicted octanol–water partition coefficient (Wildman–Crippen LogP) is 1.54. The smallest absolute Gasteiger partial charge is 0.243 e. The normalized spacial score (nSPS) is 16.3. The van der Waals surface area contributed by atoms with Crippen LogP contribution in [-0.4, -0.2) is 14.5 Å². The van der Waals surface area contributed by atoms with Crippen LogP contribution in [0.25, 0.3) is 0 Å². The molecule has 18 heavy (non-hydrogen) atoms. The summed E-state index contributed by atoms with van der Waals surface area (Å²) in [5.74, 6) is -2.13. The third kappa shape index (κ3) is 2.51. The Morgan fingerprint density at radius 2 is 1.78 bits per heavy atom. The summed E-state index contributed by atoms with van der Waals surface area (Å²) < 4.78 is 52.6. The molecule has 0 bridgehead atoms. The van der Waals surface area contributed by atoms with Crippen molar-refractivity contribution in [2.75, 3.05) is 5.73 Å². The van der Waals surface area contributed by atoms with Crippen LogP contribution in [-0.2, 0) is 10.0 Å². The Hall–Kier alpha value is -1.47. The van der Waals surface area contributed by atoms with E-state index in [-0.39, 0.29) is 6.04 Å². The second-order valence-electron chi connectivity index (χ2n) is 4.07. The molecule has 0 atom stereocenters. The maximum atomic E-state index is 13.5. The molecule has 4 nitrogen and oxygen atoms in total. The number of benzene rings is 1. The minimum atomic E-state index is -4.03. The fourth-order valence-electron chi connectivity index (χ4n) is 1.75. The van der Waals surface area contributed by atoms with Gasteiger partial charge in [0.1, 0.15) is 16.5 Å². The van der Waals surface area contributed by atoms with Crippen LogP contribution in [0.15, 0.2) is 29.2 Å². The van der Waals surface area contributed by atoms with Gasteiger partial charge in [-0.05, 0) is 18.9 Å². The lowest BCUT2D eigenvalue weighted by Crippen LogP contribution is -2.33. The number of hydrogen-bond acceptors (Lipinski definition) is 3. The summed E-state index contributed by atoms with van der Waals surface area (Å²) in [7, 11) is -4.03. The Bertz CT molecular complexity index is 591. The van der Waals surface area contributed by atoms with Crippen LogP contribution in [0, 0.1) is 11.6 Å². The van der Waals surface area contributed by atoms with Crippen LogP contribution in [0.1, 0.15) is 12.8 Å². The van der Waals surface area contributed by atoms with Gasteiger partial charge in [0.25, 0.3) is 0 Å². The SMILES string of the molecule is Nc1cc(S(=O)(=O)NC2CC=CC2)c(F)cc1F. The standard InChI is InChI=1S/C11H12F2N2O2S/c12-8-5-9(13)11(6-10(8)14)18(16,17)15-7-3-1-2-4-7/h1-2,5-7,15H,3-4,14H2. The van der Waals surface area contributed by atoms with Crippen LogP contribution in [0.4, 0.5) is 14.5 Å². The maximum Gasteiger partial charge on any atom is 0.243 e. The predicted molar refractivity (Wildman–Crippen MR) is 63.3 cm³/mol. The zero-order valence-corrected chi connectivity index (χ0v) is 10.2. The second-order valence-corrected chi connectivity index (χ2v) is 5.75. The first kappa shape index (κ1) is 13.0. The van der Waals surface area contributed by atoms with Crippen molar-refractivity contribution in [1.82, 2.24) is 4.72 Å². The van der Waals surface area contributed by atoms with Gasteiger partial charge in [0.15, 0.2) is 0 Å². The van der Waals surface area contributed by atoms with Gasteiger partial charge in [-0.3, -0.25) is 0 Å². The van der Waals surface area contributed by atoms with Gasteiger partial charge < -0.3 is 5.73 Å². The maximum absolute atomic E-state index is 13.5. The molecule has 3 N–H and O–H groups in total. The zero-order chi connectivity index (χ0) is 13.3. The highest BCUT2D eigenvalue weighted by molar-refractivity contribution is 7.89. The molecule has 0 fully saturated rings. The minimum Gasteiger partial charge on any atom is -0.396 e. The molecule has 0 aliphatic heterocycles. The van der Waals surface area contributed by atoms with E-state index in [1.54, 1.807) is 0 Å². The van der Waals surface area contributed by atoms with Crippen molar-refractivity contribution in [3.8, 4) is 0 Å². The number of rotatable bonds is 3. The van der Waals surface area contributed by atoms with E-state index in [1.165, 1.54) is 0 Å². The average Bonchev–Trinajstić information content (AvgIpc) is 2.75. The minimum absolute atomic E-state index is 0.291. The van der Waals surface area contributed by atoms with Crippen LogP contribution >= 0.6 is 0 Å². The Morgan fingerprint density at radius 1 is 1.17 bits per heavy atom. The highest BCUT2D eigenvalue weighted by Gasteiger charge is 2.24. The molecule has 0 saturated heterocycles. The van der Waals surface area contributed by atoms with E-state index in [0.717, 1.165) is 6.07 Å². The van der Waals surface area contributed by atoms with E-state index < -0.39 is 32.2 Å². The monoisotopic (exact) mass is 274 g/mol. The molecule has 0 radical (unpaired) electrons. The quantitative estimate of drug-likeness (QED) is 0.648. The molecule has 1 aromatic rings. The Balaban J connectivity index is 2.32. The highest BCUT2D eigenvalue weighted by atomic mass is 32.2. The summed E-state index contributed by atoms with van der Waals surface area (Å²) >= 11 is 0. The van der Waals surface area contributed by atoms with Gasteiger partial charge in [0.05, 0.1) is 5.69 Å². The lowest BCUT2D eigenvalue weighted by molar-refractivity contribution is 0.533. The van der Waals surface area contributed by atoms with E-state index >= 15 is 0 Å². The molecule has 1 aliphatic rings. The number of halogens is 2. The van der Waals surface area contributed by atoms with Crippen LogP contribution in [0.2, 0.25) is 0 Å². The summed E-state index contributed by atoms with van der Waals surface area (Å²) in [6.45, 7) is 0. The van der Waals surface area contributed by atoms with Crippen molar-refractivity contribution >= 4 is 15.7 Å². The lowest BCUT2D eigenvalue weighted by atomic mass is 10.3. The molecule has 1 aromatic carbocycles. The van der Waals surface area contributed by atoms with Crippen molar-refractivity contribution in [3.05, 3.63) is 35.9 Å². The first-order chi connectivity index (χ1) is 8.40. The third-order valence-corrected chi connectivity index (χ3v) is 4.21. The first-order valence-electron chi connectivity index (χ1n) is 5.32. The second kappa shape index (κ2) is 4.66. The largest absolute Gasteiger partial charge is 0.396 e. The zero-order valence-electron chi connectivity index (χ0n) is 9.36. The Morgan fingerprint density at radius 3 is 2.39 bits per heavy atom. The van der Waals surface area contributed by atoms with Crippen LogP contribution < -0.4 is 10.5 Å². The van der Waals surface area contributed by atoms with Crippen molar-refractivity contribution in [3.63, 3.8) is 0 Å². The Kier molecular flexibility index (Phi) is 3.36. The number of hydrogen-bond donors (Lipinski definition) is 2. The number of sulfonamides is 1. The van der Waals surface area contributed by atoms with Crippen LogP contribution in [0.3, 0.4) is 0 Å². The molecule has 98 valence electrons. The van der Waals surface area contributed by atoms with Gasteiger partial charge in [0, 0.05) is 12.1 Å². The molecular formula is C11H12F2N2O2S. The number of nitrogens with two attached hydrogens (primary N) is 1. The fraction of sp³-hybridized carbons (Fsp3) is 0.273. The van der Waals surface area contributed by atoms with Crippen molar-refractivity contribution in [2.24, 2.45) is 0 Å². The number of nitrogens with one attached hydrogen (secondary N) is 1. The number of nitrogen functional groups attached to an aromatic ring is 1. The van der Waals surface area contributed by atoms with Crippen molar-refractivity contribution < 1.29 is 17.2 Å². The van der Waals surface area contributed by atoms with E-state index in [1.807, 2.05) is 12.2 Å². The van der Waals surface area contributed by atoms with Crippen molar-refractivity contribution in [1.29, 1.82) is 0 Å². The molecule has 7 heteroatoms. The third-order valence-electron chi connectivity index (χ3n) is 2.67. The molecule has 0 saturated carbocycles. The summed E-state index contributed by atoms with van der Waals surface area (Å²) in [5, 5.41) is 0. The summed E-state index contributed by atoms with van der Waals surface area (Å²) in [4.78, 5) is -0.631. The molecule has 2 rings (SSSR count). The van der Waals surface area contributed by atoms with Gasteiger partial charge in [-0.2, -0.15) is 0 Å². The van der Waals surface area contributed by atoms with Crippen molar-refractivity contribution in [2.45, 2.75) is 23.8 Å². The molecular weight excluding hydrogens is 262 g/mol. The van der Waals surface area contributed by atoms with Crippen LogP contribution in [0.5, 0.6) is 0 Å². The van der Waals surface area contributed by atoms with Gasteiger partial charge in [-0.1, -0.05) is 12.2 Å². The van der Waals surface area contributed by atoms with E-state index in [0.29, 0.717) is 18.9 Å². The molecule has 0 heterocycles. The topological polar surface area (TPSA) is 72.2 Å². The molecule has 0 spiro atoms. The Labute approximate surface area is 104 Å². The van der Waals surface area contributed by atoms with Gasteiger partial charge in [-0.15, -0.1) is 0 Å². The van der Waals surface area contributed by atoms with Gasteiger partial charge in [0.2, 0.25) is 10.0 Å². The van der Waals surface area contributed by atoms with E-state index in [9.17, 15) is 17.2 Å². The summed E-state index contributed by atoms with van der Waals surface area (Å²) in [6.07, 6.45) is 4.78.